The van der Waals surface area contributed by atoms with Gasteiger partial charge < -0.3 is 4.74 Å². The molecule has 1 heterocycles. The van der Waals surface area contributed by atoms with Gasteiger partial charge in [0.05, 0.1) is 6.61 Å². The van der Waals surface area contributed by atoms with Crippen LogP contribution in [0, 0.1) is 0 Å². The van der Waals surface area contributed by atoms with Crippen LogP contribution in [0.5, 0.6) is 0 Å². The van der Waals surface area contributed by atoms with E-state index < -0.39 is 0 Å². The van der Waals surface area contributed by atoms with Gasteiger partial charge >= 0.3 is 0 Å². The van der Waals surface area contributed by atoms with Crippen LogP contribution >= 0.6 is 27.3 Å². The molecule has 0 N–H and O–H groups in total. The highest BCUT2D eigenvalue weighted by Crippen LogP contribution is 2.20. The Morgan fingerprint density at radius 3 is 2.93 bits per heavy atom. The van der Waals surface area contributed by atoms with Crippen LogP contribution in [-0.4, -0.2) is 31.7 Å². The maximum absolute atomic E-state index is 5.30. The van der Waals surface area contributed by atoms with Gasteiger partial charge in [-0.2, -0.15) is 0 Å². The minimum atomic E-state index is 0.804. The van der Waals surface area contributed by atoms with Crippen LogP contribution in [0.3, 0.4) is 0 Å². The Hall–Kier alpha value is 0.1000. The fourth-order valence-electron chi connectivity index (χ4n) is 1.15. The van der Waals surface area contributed by atoms with Crippen molar-refractivity contribution in [1.82, 2.24) is 4.90 Å². The van der Waals surface area contributed by atoms with Crippen LogP contribution in [0.4, 0.5) is 0 Å². The van der Waals surface area contributed by atoms with Gasteiger partial charge in [0, 0.05) is 34.4 Å². The zero-order chi connectivity index (χ0) is 10.4. The van der Waals surface area contributed by atoms with Crippen LogP contribution < -0.4 is 0 Å². The van der Waals surface area contributed by atoms with Crippen molar-refractivity contribution in [1.29, 1.82) is 0 Å². The van der Waals surface area contributed by atoms with Crippen molar-refractivity contribution in [2.45, 2.75) is 13.5 Å². The first kappa shape index (κ1) is 12.2. The number of hydrogen-bond donors (Lipinski definition) is 0. The van der Waals surface area contributed by atoms with Gasteiger partial charge in [-0.3, -0.25) is 4.90 Å². The molecule has 0 atom stereocenters. The van der Waals surface area contributed by atoms with Crippen molar-refractivity contribution >= 4 is 27.3 Å². The number of thiophene rings is 1. The third-order valence-electron chi connectivity index (χ3n) is 1.87. The van der Waals surface area contributed by atoms with Crippen molar-refractivity contribution in [2.24, 2.45) is 0 Å². The molecule has 1 aromatic rings. The van der Waals surface area contributed by atoms with Crippen molar-refractivity contribution in [3.63, 3.8) is 0 Å². The molecule has 2 nitrogen and oxygen atoms in total. The fourth-order valence-corrected chi connectivity index (χ4v) is 2.68. The lowest BCUT2D eigenvalue weighted by molar-refractivity contribution is 0.120. The van der Waals surface area contributed by atoms with Gasteiger partial charge in [-0.25, -0.2) is 0 Å². The van der Waals surface area contributed by atoms with Gasteiger partial charge in [0.25, 0.3) is 0 Å². The van der Waals surface area contributed by atoms with E-state index in [1.807, 2.05) is 6.92 Å². The van der Waals surface area contributed by atoms with Gasteiger partial charge in [0.1, 0.15) is 0 Å². The second-order valence-corrected chi connectivity index (χ2v) is 5.08. The van der Waals surface area contributed by atoms with E-state index in [0.717, 1.165) is 26.3 Å². The zero-order valence-electron chi connectivity index (χ0n) is 8.62. The highest BCUT2D eigenvalue weighted by molar-refractivity contribution is 9.10. The largest absolute Gasteiger partial charge is 0.380 e. The molecule has 0 aliphatic carbocycles. The summed E-state index contributed by atoms with van der Waals surface area (Å²) >= 11 is 5.24. The predicted octanol–water partition coefficient (Wildman–Crippen LogP) is 2.98. The number of nitrogens with zero attached hydrogens (tertiary/aromatic N) is 1. The Morgan fingerprint density at radius 1 is 1.57 bits per heavy atom. The van der Waals surface area contributed by atoms with Crippen LogP contribution in [0.15, 0.2) is 15.9 Å². The monoisotopic (exact) mass is 277 g/mol. The van der Waals surface area contributed by atoms with Crippen LogP contribution in [0.25, 0.3) is 0 Å². The molecule has 0 unspecified atom stereocenters. The average molecular weight is 278 g/mol. The Morgan fingerprint density at radius 2 is 2.36 bits per heavy atom. The molecule has 0 radical (unpaired) electrons. The molecule has 0 saturated carbocycles. The number of halogens is 1. The lowest BCUT2D eigenvalue weighted by Crippen LogP contribution is -2.22. The van der Waals surface area contributed by atoms with Crippen LogP contribution in [-0.2, 0) is 11.3 Å². The van der Waals surface area contributed by atoms with E-state index in [4.69, 9.17) is 4.74 Å². The molecule has 0 saturated heterocycles. The molecule has 14 heavy (non-hydrogen) atoms. The zero-order valence-corrected chi connectivity index (χ0v) is 11.0. The molecule has 0 aromatic carbocycles. The first-order valence-electron chi connectivity index (χ1n) is 4.71. The Balaban J connectivity index is 2.23. The number of ether oxygens (including phenoxy) is 1. The molecule has 1 aromatic heterocycles. The fraction of sp³-hybridized carbons (Fsp3) is 0.600. The van der Waals surface area contributed by atoms with Crippen LogP contribution in [0.1, 0.15) is 11.8 Å². The van der Waals surface area contributed by atoms with E-state index in [-0.39, 0.29) is 0 Å². The second kappa shape index (κ2) is 6.56. The van der Waals surface area contributed by atoms with E-state index in [1.165, 1.54) is 9.35 Å². The van der Waals surface area contributed by atoms with Crippen molar-refractivity contribution in [3.05, 3.63) is 20.8 Å². The van der Waals surface area contributed by atoms with Crippen LogP contribution in [0.2, 0.25) is 0 Å². The summed E-state index contributed by atoms with van der Waals surface area (Å²) in [7, 11) is 2.12. The summed E-state index contributed by atoms with van der Waals surface area (Å²) in [6, 6.07) is 2.17. The molecular weight excluding hydrogens is 262 g/mol. The summed E-state index contributed by atoms with van der Waals surface area (Å²) in [5, 5.41) is 2.12. The van der Waals surface area contributed by atoms with E-state index in [0.29, 0.717) is 0 Å². The molecule has 1 rings (SSSR count). The quantitative estimate of drug-likeness (QED) is 0.742. The molecular formula is C10H16BrNOS. The lowest BCUT2D eigenvalue weighted by Gasteiger charge is -2.14. The summed E-state index contributed by atoms with van der Waals surface area (Å²) in [6.45, 7) is 5.64. The maximum atomic E-state index is 5.30. The van der Waals surface area contributed by atoms with E-state index in [2.05, 4.69) is 39.3 Å². The molecule has 0 aliphatic rings. The first-order valence-corrected chi connectivity index (χ1v) is 6.39. The van der Waals surface area contributed by atoms with Gasteiger partial charge in [0.2, 0.25) is 0 Å². The highest BCUT2D eigenvalue weighted by atomic mass is 79.9. The predicted molar refractivity (Wildman–Crippen MR) is 64.8 cm³/mol. The summed E-state index contributed by atoms with van der Waals surface area (Å²) < 4.78 is 6.48. The third kappa shape index (κ3) is 4.55. The summed E-state index contributed by atoms with van der Waals surface area (Å²) in [4.78, 5) is 3.66. The SMILES string of the molecule is CCOCCN(C)Cc1cc(Br)cs1. The molecule has 4 heteroatoms. The standard InChI is InChI=1S/C10H16BrNOS/c1-3-13-5-4-12(2)7-10-6-9(11)8-14-10/h6,8H,3-5,7H2,1-2H3. The molecule has 0 aliphatic heterocycles. The smallest absolute Gasteiger partial charge is 0.0593 e. The number of rotatable bonds is 6. The Bertz CT molecular complexity index is 264. The van der Waals surface area contributed by atoms with Gasteiger partial charge in [-0.1, -0.05) is 0 Å². The topological polar surface area (TPSA) is 12.5 Å². The first-order chi connectivity index (χ1) is 6.72. The molecule has 0 spiro atoms. The Labute approximate surface area is 98.0 Å². The molecule has 0 fully saturated rings. The summed E-state index contributed by atoms with van der Waals surface area (Å²) in [5.41, 5.74) is 0. The maximum Gasteiger partial charge on any atom is 0.0593 e. The normalized spacial score (nSPS) is 11.1. The van der Waals surface area contributed by atoms with Crippen molar-refractivity contribution in [2.75, 3.05) is 26.8 Å². The molecule has 80 valence electrons. The van der Waals surface area contributed by atoms with Gasteiger partial charge in [0.15, 0.2) is 0 Å². The molecule has 0 amide bonds. The summed E-state index contributed by atoms with van der Waals surface area (Å²) in [6.07, 6.45) is 0. The molecule has 0 bridgehead atoms. The third-order valence-corrected chi connectivity index (χ3v) is 3.55. The minimum Gasteiger partial charge on any atom is -0.380 e. The number of likely N-dealkylation sites (N-methyl/N-ethyl adjacent to an activating group) is 1. The van der Waals surface area contributed by atoms with Crippen molar-refractivity contribution < 1.29 is 4.74 Å². The average Bonchev–Trinajstić information content (AvgIpc) is 2.52. The van der Waals surface area contributed by atoms with Gasteiger partial charge in [-0.05, 0) is 36.0 Å². The van der Waals surface area contributed by atoms with E-state index in [1.54, 1.807) is 11.3 Å². The van der Waals surface area contributed by atoms with E-state index >= 15 is 0 Å². The summed E-state index contributed by atoms with van der Waals surface area (Å²) in [5.74, 6) is 0. The lowest BCUT2D eigenvalue weighted by atomic mass is 10.4. The van der Waals surface area contributed by atoms with E-state index in [9.17, 15) is 0 Å². The Kier molecular flexibility index (Phi) is 5.70. The van der Waals surface area contributed by atoms with Gasteiger partial charge in [-0.15, -0.1) is 11.3 Å². The highest BCUT2D eigenvalue weighted by Gasteiger charge is 2.02. The van der Waals surface area contributed by atoms with Crippen molar-refractivity contribution in [3.8, 4) is 0 Å². The second-order valence-electron chi connectivity index (χ2n) is 3.17. The minimum absolute atomic E-state index is 0.804. The number of hydrogen-bond acceptors (Lipinski definition) is 3.